The minimum absolute atomic E-state index is 0.00904. The summed E-state index contributed by atoms with van der Waals surface area (Å²) >= 11 is 0. The highest BCUT2D eigenvalue weighted by Crippen LogP contribution is 2.28. The van der Waals surface area contributed by atoms with Crippen molar-refractivity contribution in [2.45, 2.75) is 32.0 Å². The monoisotopic (exact) mass is 275 g/mol. The Kier molecular flexibility index (Phi) is 3.84. The van der Waals surface area contributed by atoms with Crippen LogP contribution >= 0.6 is 0 Å². The molecule has 108 valence electrons. The normalized spacial score (nSPS) is 22.0. The van der Waals surface area contributed by atoms with E-state index in [9.17, 15) is 0 Å². The summed E-state index contributed by atoms with van der Waals surface area (Å²) in [6, 6.07) is 0.278. The zero-order chi connectivity index (χ0) is 13.9. The van der Waals surface area contributed by atoms with Crippen molar-refractivity contribution in [2.24, 2.45) is 11.7 Å². The zero-order valence-electron chi connectivity index (χ0n) is 11.7. The van der Waals surface area contributed by atoms with Gasteiger partial charge in [0.15, 0.2) is 0 Å². The highest BCUT2D eigenvalue weighted by Gasteiger charge is 2.27. The van der Waals surface area contributed by atoms with Crippen LogP contribution in [0, 0.1) is 5.92 Å². The maximum Gasteiger partial charge on any atom is 0.0951 e. The van der Waals surface area contributed by atoms with Gasteiger partial charge in [-0.05, 0) is 13.3 Å². The maximum atomic E-state index is 6.40. The number of rotatable bonds is 5. The first kappa shape index (κ1) is 13.3. The molecule has 0 bridgehead atoms. The Morgan fingerprint density at radius 3 is 3.05 bits per heavy atom. The summed E-state index contributed by atoms with van der Waals surface area (Å²) in [4.78, 5) is 8.36. The SMILES string of the molecule is CC(Cn1ccnc1)n1cncc1C(N)C1CCOC1. The molecular weight excluding hydrogens is 254 g/mol. The van der Waals surface area contributed by atoms with Gasteiger partial charge in [0.25, 0.3) is 0 Å². The van der Waals surface area contributed by atoms with Crippen LogP contribution in [0.2, 0.25) is 0 Å². The van der Waals surface area contributed by atoms with E-state index in [-0.39, 0.29) is 12.1 Å². The van der Waals surface area contributed by atoms with Crippen molar-refractivity contribution in [3.63, 3.8) is 0 Å². The fraction of sp³-hybridized carbons (Fsp3) is 0.571. The second-order valence-electron chi connectivity index (χ2n) is 5.48. The summed E-state index contributed by atoms with van der Waals surface area (Å²) in [6.45, 7) is 4.60. The predicted molar refractivity (Wildman–Crippen MR) is 75.0 cm³/mol. The van der Waals surface area contributed by atoms with Gasteiger partial charge in [0.1, 0.15) is 0 Å². The molecule has 1 aliphatic heterocycles. The van der Waals surface area contributed by atoms with Crippen molar-refractivity contribution in [3.8, 4) is 0 Å². The molecule has 3 atom stereocenters. The lowest BCUT2D eigenvalue weighted by molar-refractivity contribution is 0.180. The summed E-state index contributed by atoms with van der Waals surface area (Å²) in [5.41, 5.74) is 7.49. The number of nitrogens with zero attached hydrogens (tertiary/aromatic N) is 4. The Hall–Kier alpha value is -1.66. The largest absolute Gasteiger partial charge is 0.381 e. The molecule has 0 saturated carbocycles. The molecule has 0 aliphatic carbocycles. The number of hydrogen-bond acceptors (Lipinski definition) is 4. The summed E-state index contributed by atoms with van der Waals surface area (Å²) in [6.07, 6.45) is 10.4. The third-order valence-corrected chi connectivity index (χ3v) is 4.02. The molecule has 0 radical (unpaired) electrons. The van der Waals surface area contributed by atoms with E-state index in [4.69, 9.17) is 10.5 Å². The molecule has 2 aromatic rings. The van der Waals surface area contributed by atoms with Crippen molar-refractivity contribution in [2.75, 3.05) is 13.2 Å². The first-order valence-corrected chi connectivity index (χ1v) is 7.06. The molecule has 3 rings (SSSR count). The smallest absolute Gasteiger partial charge is 0.0951 e. The Balaban J connectivity index is 1.75. The van der Waals surface area contributed by atoms with Gasteiger partial charge in [-0.1, -0.05) is 0 Å². The van der Waals surface area contributed by atoms with Gasteiger partial charge in [-0.2, -0.15) is 0 Å². The van der Waals surface area contributed by atoms with E-state index in [2.05, 4.69) is 26.0 Å². The highest BCUT2D eigenvalue weighted by atomic mass is 16.5. The van der Waals surface area contributed by atoms with E-state index >= 15 is 0 Å². The van der Waals surface area contributed by atoms with Gasteiger partial charge in [-0.3, -0.25) is 0 Å². The quantitative estimate of drug-likeness (QED) is 0.895. The fourth-order valence-electron chi connectivity index (χ4n) is 2.81. The van der Waals surface area contributed by atoms with Gasteiger partial charge < -0.3 is 19.6 Å². The molecule has 1 fully saturated rings. The third kappa shape index (κ3) is 2.62. The number of ether oxygens (including phenoxy) is 1. The lowest BCUT2D eigenvalue weighted by Crippen LogP contribution is -2.26. The topological polar surface area (TPSA) is 70.9 Å². The Morgan fingerprint density at radius 1 is 1.45 bits per heavy atom. The molecule has 2 aromatic heterocycles. The molecule has 0 aromatic carbocycles. The Bertz CT molecular complexity index is 530. The fourth-order valence-corrected chi connectivity index (χ4v) is 2.81. The van der Waals surface area contributed by atoms with Crippen LogP contribution in [0.15, 0.2) is 31.2 Å². The van der Waals surface area contributed by atoms with Crippen LogP contribution in [-0.2, 0) is 11.3 Å². The summed E-state index contributed by atoms with van der Waals surface area (Å²) in [7, 11) is 0. The van der Waals surface area contributed by atoms with Crippen molar-refractivity contribution in [3.05, 3.63) is 36.9 Å². The van der Waals surface area contributed by atoms with Crippen LogP contribution in [0.5, 0.6) is 0 Å². The minimum Gasteiger partial charge on any atom is -0.381 e. The molecule has 3 heterocycles. The van der Waals surface area contributed by atoms with Gasteiger partial charge in [0.05, 0.1) is 31.0 Å². The molecule has 0 spiro atoms. The second-order valence-corrected chi connectivity index (χ2v) is 5.48. The van der Waals surface area contributed by atoms with E-state index in [1.54, 1.807) is 6.20 Å². The van der Waals surface area contributed by atoms with Gasteiger partial charge in [0.2, 0.25) is 0 Å². The number of imidazole rings is 2. The summed E-state index contributed by atoms with van der Waals surface area (Å²) in [5.74, 6) is 0.394. The minimum atomic E-state index is -0.00904. The first-order valence-electron chi connectivity index (χ1n) is 7.06. The lowest BCUT2D eigenvalue weighted by atomic mass is 9.97. The van der Waals surface area contributed by atoms with E-state index in [0.717, 1.165) is 31.9 Å². The summed E-state index contributed by atoms with van der Waals surface area (Å²) in [5, 5.41) is 0. The maximum absolute atomic E-state index is 6.40. The van der Waals surface area contributed by atoms with E-state index < -0.39 is 0 Å². The van der Waals surface area contributed by atoms with Crippen LogP contribution < -0.4 is 5.73 Å². The number of hydrogen-bond donors (Lipinski definition) is 1. The van der Waals surface area contributed by atoms with Gasteiger partial charge in [-0.15, -0.1) is 0 Å². The molecule has 6 heteroatoms. The molecular formula is C14H21N5O. The van der Waals surface area contributed by atoms with Crippen LogP contribution in [0.3, 0.4) is 0 Å². The average molecular weight is 275 g/mol. The molecule has 20 heavy (non-hydrogen) atoms. The molecule has 3 unspecified atom stereocenters. The van der Waals surface area contributed by atoms with Gasteiger partial charge in [0, 0.05) is 43.7 Å². The molecule has 1 aliphatic rings. The van der Waals surface area contributed by atoms with Crippen molar-refractivity contribution >= 4 is 0 Å². The second kappa shape index (κ2) is 5.76. The van der Waals surface area contributed by atoms with Crippen molar-refractivity contribution in [1.82, 2.24) is 19.1 Å². The molecule has 1 saturated heterocycles. The van der Waals surface area contributed by atoms with Crippen molar-refractivity contribution < 1.29 is 4.74 Å². The van der Waals surface area contributed by atoms with Crippen LogP contribution in [0.4, 0.5) is 0 Å². The van der Waals surface area contributed by atoms with Crippen molar-refractivity contribution in [1.29, 1.82) is 0 Å². The zero-order valence-corrected chi connectivity index (χ0v) is 11.7. The van der Waals surface area contributed by atoms with Crippen LogP contribution in [0.1, 0.15) is 31.1 Å². The van der Waals surface area contributed by atoms with E-state index in [1.165, 1.54) is 0 Å². The lowest BCUT2D eigenvalue weighted by Gasteiger charge is -2.23. The molecule has 0 amide bonds. The third-order valence-electron chi connectivity index (χ3n) is 4.02. The first-order chi connectivity index (χ1) is 9.75. The molecule has 2 N–H and O–H groups in total. The van der Waals surface area contributed by atoms with Gasteiger partial charge >= 0.3 is 0 Å². The predicted octanol–water partition coefficient (Wildman–Crippen LogP) is 1.38. The highest BCUT2D eigenvalue weighted by molar-refractivity contribution is 5.08. The van der Waals surface area contributed by atoms with Crippen LogP contribution in [-0.4, -0.2) is 32.3 Å². The number of aromatic nitrogens is 4. The van der Waals surface area contributed by atoms with E-state index in [0.29, 0.717) is 5.92 Å². The standard InChI is InChI=1S/C14H21N5O/c1-11(7-18-4-3-16-9-18)19-10-17-6-13(19)14(15)12-2-5-20-8-12/h3-4,6,9-12,14H,2,5,7-8,15H2,1H3. The Morgan fingerprint density at radius 2 is 2.35 bits per heavy atom. The van der Waals surface area contributed by atoms with E-state index in [1.807, 2.05) is 25.0 Å². The average Bonchev–Trinajstić information content (AvgIpc) is 3.19. The summed E-state index contributed by atoms with van der Waals surface area (Å²) < 4.78 is 9.68. The number of nitrogens with two attached hydrogens (primary N) is 1. The Labute approximate surface area is 118 Å². The van der Waals surface area contributed by atoms with Crippen LogP contribution in [0.25, 0.3) is 0 Å². The van der Waals surface area contributed by atoms with Gasteiger partial charge in [-0.25, -0.2) is 9.97 Å². The molecule has 6 nitrogen and oxygen atoms in total.